The van der Waals surface area contributed by atoms with Gasteiger partial charge in [-0.3, -0.25) is 0 Å². The quantitative estimate of drug-likeness (QED) is 0.678. The van der Waals surface area contributed by atoms with Gasteiger partial charge in [0.1, 0.15) is 5.75 Å². The highest BCUT2D eigenvalue weighted by atomic mass is 16.5. The molecule has 3 heteroatoms. The minimum absolute atomic E-state index is 0.655. The van der Waals surface area contributed by atoms with Crippen LogP contribution in [0, 0.1) is 11.3 Å². The maximum absolute atomic E-state index is 8.45. The highest BCUT2D eigenvalue weighted by Crippen LogP contribution is 2.18. The van der Waals surface area contributed by atoms with Gasteiger partial charge in [0.15, 0.2) is 0 Å². The molecule has 0 amide bonds. The highest BCUT2D eigenvalue weighted by Gasteiger charge is 2.04. The lowest BCUT2D eigenvalue weighted by Gasteiger charge is -2.17. The van der Waals surface area contributed by atoms with Gasteiger partial charge in [-0.2, -0.15) is 5.26 Å². The Balaban J connectivity index is 2.39. The number of methoxy groups -OCH3 is 1. The summed E-state index contributed by atoms with van der Waals surface area (Å²) in [6.45, 7) is 1.90. The second kappa shape index (κ2) is 7.70. The predicted octanol–water partition coefficient (Wildman–Crippen LogP) is 2.82. The second-order valence-corrected chi connectivity index (χ2v) is 4.16. The molecule has 0 saturated carbocycles. The molecule has 0 N–H and O–H groups in total. The Morgan fingerprint density at radius 3 is 2.76 bits per heavy atom. The van der Waals surface area contributed by atoms with Crippen molar-refractivity contribution >= 4 is 0 Å². The number of hydrogen-bond donors (Lipinski definition) is 0. The molecule has 0 saturated heterocycles. The molecule has 1 aromatic carbocycles. The van der Waals surface area contributed by atoms with Crippen molar-refractivity contribution in [1.82, 2.24) is 4.90 Å². The molecule has 92 valence electrons. The van der Waals surface area contributed by atoms with Crippen LogP contribution in [-0.2, 0) is 6.54 Å². The average Bonchev–Trinajstić information content (AvgIpc) is 2.35. The first-order valence-electron chi connectivity index (χ1n) is 5.95. The van der Waals surface area contributed by atoms with Crippen molar-refractivity contribution in [2.24, 2.45) is 0 Å². The molecule has 0 aliphatic rings. The summed E-state index contributed by atoms with van der Waals surface area (Å²) in [6.07, 6.45) is 2.70. The van der Waals surface area contributed by atoms with E-state index in [0.717, 1.165) is 31.7 Å². The standard InChI is InChI=1S/C14H20N2O/c1-16(11-7-3-6-10-15)12-13-8-4-5-9-14(13)17-2/h4-5,8-9H,3,6-7,11-12H2,1-2H3. The van der Waals surface area contributed by atoms with Crippen LogP contribution in [-0.4, -0.2) is 25.6 Å². The van der Waals surface area contributed by atoms with Gasteiger partial charge in [0.25, 0.3) is 0 Å². The molecule has 0 aliphatic carbocycles. The zero-order valence-electron chi connectivity index (χ0n) is 10.6. The van der Waals surface area contributed by atoms with Crippen molar-refractivity contribution in [2.75, 3.05) is 20.7 Å². The van der Waals surface area contributed by atoms with Gasteiger partial charge in [-0.25, -0.2) is 0 Å². The number of hydrogen-bond acceptors (Lipinski definition) is 3. The SMILES string of the molecule is COc1ccccc1CN(C)CCCCC#N. The third-order valence-corrected chi connectivity index (χ3v) is 2.71. The number of nitriles is 1. The first kappa shape index (κ1) is 13.5. The van der Waals surface area contributed by atoms with Crippen molar-refractivity contribution in [2.45, 2.75) is 25.8 Å². The first-order chi connectivity index (χ1) is 8.27. The zero-order chi connectivity index (χ0) is 12.5. The van der Waals surface area contributed by atoms with Gasteiger partial charge in [-0.1, -0.05) is 18.2 Å². The van der Waals surface area contributed by atoms with Crippen molar-refractivity contribution < 1.29 is 4.74 Å². The molecule has 0 unspecified atom stereocenters. The Morgan fingerprint density at radius 2 is 2.06 bits per heavy atom. The van der Waals surface area contributed by atoms with E-state index in [1.807, 2.05) is 18.2 Å². The molecule has 0 heterocycles. The summed E-state index contributed by atoms with van der Waals surface area (Å²) in [6, 6.07) is 10.3. The van der Waals surface area contributed by atoms with Gasteiger partial charge in [-0.15, -0.1) is 0 Å². The minimum Gasteiger partial charge on any atom is -0.496 e. The summed E-state index contributed by atoms with van der Waals surface area (Å²) in [5.74, 6) is 0.941. The van der Waals surface area contributed by atoms with Crippen LogP contribution in [0.5, 0.6) is 5.75 Å². The molecule has 0 radical (unpaired) electrons. The Morgan fingerprint density at radius 1 is 1.29 bits per heavy atom. The number of benzene rings is 1. The van der Waals surface area contributed by atoms with E-state index in [2.05, 4.69) is 24.1 Å². The minimum atomic E-state index is 0.655. The maximum Gasteiger partial charge on any atom is 0.123 e. The van der Waals surface area contributed by atoms with Gasteiger partial charge in [0.2, 0.25) is 0 Å². The molecular weight excluding hydrogens is 212 g/mol. The molecule has 0 bridgehead atoms. The average molecular weight is 232 g/mol. The lowest BCUT2D eigenvalue weighted by atomic mass is 10.2. The summed E-state index contributed by atoms with van der Waals surface area (Å²) in [5.41, 5.74) is 1.21. The Kier molecular flexibility index (Phi) is 6.13. The Hall–Kier alpha value is -1.53. The van der Waals surface area contributed by atoms with Crippen LogP contribution >= 0.6 is 0 Å². The Labute approximate surface area is 104 Å². The van der Waals surface area contributed by atoms with Gasteiger partial charge >= 0.3 is 0 Å². The summed E-state index contributed by atoms with van der Waals surface area (Å²) in [7, 11) is 3.80. The molecule has 0 spiro atoms. The van der Waals surface area contributed by atoms with E-state index in [9.17, 15) is 0 Å². The number of para-hydroxylation sites is 1. The zero-order valence-corrected chi connectivity index (χ0v) is 10.6. The van der Waals surface area contributed by atoms with E-state index in [4.69, 9.17) is 10.00 Å². The molecule has 0 aromatic heterocycles. The molecule has 0 atom stereocenters. The van der Waals surface area contributed by atoms with Gasteiger partial charge in [0.05, 0.1) is 13.2 Å². The monoisotopic (exact) mass is 232 g/mol. The highest BCUT2D eigenvalue weighted by molar-refractivity contribution is 5.32. The molecule has 3 nitrogen and oxygen atoms in total. The molecule has 1 aromatic rings. The third-order valence-electron chi connectivity index (χ3n) is 2.71. The van der Waals surface area contributed by atoms with Crippen LogP contribution in [0.25, 0.3) is 0 Å². The normalized spacial score (nSPS) is 10.2. The van der Waals surface area contributed by atoms with E-state index in [1.54, 1.807) is 7.11 Å². The molecular formula is C14H20N2O. The van der Waals surface area contributed by atoms with Crippen LogP contribution < -0.4 is 4.74 Å². The van der Waals surface area contributed by atoms with E-state index in [-0.39, 0.29) is 0 Å². The van der Waals surface area contributed by atoms with Crippen LogP contribution in [0.15, 0.2) is 24.3 Å². The fourth-order valence-corrected chi connectivity index (χ4v) is 1.79. The van der Waals surface area contributed by atoms with Crippen LogP contribution in [0.3, 0.4) is 0 Å². The van der Waals surface area contributed by atoms with E-state index >= 15 is 0 Å². The lowest BCUT2D eigenvalue weighted by Crippen LogP contribution is -2.19. The Bertz CT molecular complexity index is 371. The topological polar surface area (TPSA) is 36.3 Å². The molecule has 0 aliphatic heterocycles. The summed E-state index contributed by atoms with van der Waals surface area (Å²) in [4.78, 5) is 2.26. The summed E-state index contributed by atoms with van der Waals surface area (Å²) >= 11 is 0. The van der Waals surface area contributed by atoms with Crippen LogP contribution in [0.1, 0.15) is 24.8 Å². The molecule has 17 heavy (non-hydrogen) atoms. The van der Waals surface area contributed by atoms with E-state index in [1.165, 1.54) is 5.56 Å². The summed E-state index contributed by atoms with van der Waals surface area (Å²) < 4.78 is 5.32. The van der Waals surface area contributed by atoms with Crippen molar-refractivity contribution in [3.8, 4) is 11.8 Å². The van der Waals surface area contributed by atoms with Gasteiger partial charge < -0.3 is 9.64 Å². The van der Waals surface area contributed by atoms with E-state index in [0.29, 0.717) is 6.42 Å². The fourth-order valence-electron chi connectivity index (χ4n) is 1.79. The maximum atomic E-state index is 8.45. The predicted molar refractivity (Wildman–Crippen MR) is 68.8 cm³/mol. The molecule has 0 fully saturated rings. The van der Waals surface area contributed by atoms with Crippen molar-refractivity contribution in [3.05, 3.63) is 29.8 Å². The van der Waals surface area contributed by atoms with Crippen LogP contribution in [0.2, 0.25) is 0 Å². The molecule has 1 rings (SSSR count). The van der Waals surface area contributed by atoms with Crippen molar-refractivity contribution in [3.63, 3.8) is 0 Å². The third kappa shape index (κ3) is 4.88. The second-order valence-electron chi connectivity index (χ2n) is 4.16. The smallest absolute Gasteiger partial charge is 0.123 e. The van der Waals surface area contributed by atoms with Gasteiger partial charge in [-0.05, 0) is 32.5 Å². The number of ether oxygens (including phenoxy) is 1. The summed E-state index contributed by atoms with van der Waals surface area (Å²) in [5, 5.41) is 8.45. The number of nitrogens with zero attached hydrogens (tertiary/aromatic N) is 2. The largest absolute Gasteiger partial charge is 0.496 e. The number of rotatable bonds is 7. The first-order valence-corrected chi connectivity index (χ1v) is 5.95. The van der Waals surface area contributed by atoms with E-state index < -0.39 is 0 Å². The fraction of sp³-hybridized carbons (Fsp3) is 0.500. The lowest BCUT2D eigenvalue weighted by molar-refractivity contribution is 0.311. The van der Waals surface area contributed by atoms with Crippen molar-refractivity contribution in [1.29, 1.82) is 5.26 Å². The van der Waals surface area contributed by atoms with Crippen LogP contribution in [0.4, 0.5) is 0 Å². The van der Waals surface area contributed by atoms with Gasteiger partial charge in [0, 0.05) is 18.5 Å². The number of unbranched alkanes of at least 4 members (excludes halogenated alkanes) is 2.